The van der Waals surface area contributed by atoms with E-state index in [0.717, 1.165) is 23.3 Å². The number of carbonyl (C=O) groups excluding carboxylic acids is 1. The molecule has 1 amide bonds. The number of aromatic nitrogens is 4. The van der Waals surface area contributed by atoms with E-state index in [0.29, 0.717) is 0 Å². The SMILES string of the molecule is [N-]=[N+]=Nc1ccc(NCCCC(=O)Nc2ncnc3c2ncn3[C@@H]2O[C@H](COP(=O)(O)OP(=O)(O)OP(=O)(O)O)[C@@H](O)[C@H]2O)c([N+](=O)[O-])c1. The lowest BCUT2D eigenvalue weighted by Gasteiger charge is -2.19. The molecular formula is C20H25N10O16P3. The molecule has 0 spiro atoms. The molecule has 1 aromatic carbocycles. The van der Waals surface area contributed by atoms with E-state index < -0.39 is 65.4 Å². The van der Waals surface area contributed by atoms with E-state index in [1.54, 1.807) is 0 Å². The number of nitrogens with zero attached hydrogens (tertiary/aromatic N) is 8. The maximum absolute atomic E-state index is 12.6. The number of hydrogen-bond donors (Lipinski definition) is 8. The molecule has 0 aliphatic carbocycles. The second-order valence-electron chi connectivity index (χ2n) is 9.71. The molecule has 266 valence electrons. The monoisotopic (exact) mass is 754 g/mol. The predicted octanol–water partition coefficient (Wildman–Crippen LogP) is 1.47. The molecule has 2 unspecified atom stereocenters. The summed E-state index contributed by atoms with van der Waals surface area (Å²) in [5.74, 6) is -0.577. The maximum Gasteiger partial charge on any atom is 0.490 e. The van der Waals surface area contributed by atoms with Gasteiger partial charge in [-0.3, -0.25) is 24.0 Å². The molecule has 2 aromatic heterocycles. The molecule has 3 heterocycles. The highest BCUT2D eigenvalue weighted by molar-refractivity contribution is 7.66. The number of hydrogen-bond acceptors (Lipinski definition) is 17. The summed E-state index contributed by atoms with van der Waals surface area (Å²) in [6.07, 6.45) is -4.27. The summed E-state index contributed by atoms with van der Waals surface area (Å²) in [7, 11) is -17.0. The van der Waals surface area contributed by atoms with Crippen LogP contribution >= 0.6 is 23.5 Å². The van der Waals surface area contributed by atoms with E-state index >= 15 is 0 Å². The molecule has 29 heteroatoms. The Kier molecular flexibility index (Phi) is 11.8. The summed E-state index contributed by atoms with van der Waals surface area (Å²) < 4.78 is 52.6. The minimum absolute atomic E-state index is 0.00626. The fourth-order valence-electron chi connectivity index (χ4n) is 4.30. The highest BCUT2D eigenvalue weighted by Crippen LogP contribution is 2.66. The number of fused-ring (bicyclic) bond motifs is 1. The van der Waals surface area contributed by atoms with Gasteiger partial charge in [-0.1, -0.05) is 11.2 Å². The van der Waals surface area contributed by atoms with Crippen LogP contribution in [0.4, 0.5) is 22.9 Å². The van der Waals surface area contributed by atoms with Gasteiger partial charge in [-0.15, -0.1) is 0 Å². The lowest BCUT2D eigenvalue weighted by molar-refractivity contribution is -0.383. The third-order valence-electron chi connectivity index (χ3n) is 6.28. The number of amides is 1. The van der Waals surface area contributed by atoms with Gasteiger partial charge in [0.05, 0.1) is 17.9 Å². The normalized spacial score (nSPS) is 21.8. The van der Waals surface area contributed by atoms with Crippen LogP contribution in [0.2, 0.25) is 0 Å². The molecule has 0 bridgehead atoms. The summed E-state index contributed by atoms with van der Waals surface area (Å²) in [5, 5.41) is 41.1. The van der Waals surface area contributed by atoms with Gasteiger partial charge in [-0.05, 0) is 18.0 Å². The smallest absolute Gasteiger partial charge is 0.387 e. The number of azide groups is 1. The number of benzene rings is 1. The van der Waals surface area contributed by atoms with Crippen LogP contribution in [0.1, 0.15) is 19.1 Å². The zero-order chi connectivity index (χ0) is 36.1. The summed E-state index contributed by atoms with van der Waals surface area (Å²) in [6.45, 7) is -0.907. The molecule has 4 rings (SSSR count). The lowest BCUT2D eigenvalue weighted by Crippen LogP contribution is -2.33. The largest absolute Gasteiger partial charge is 0.490 e. The lowest BCUT2D eigenvalue weighted by atomic mass is 10.1. The number of aliphatic hydroxyl groups is 2. The molecule has 1 aliphatic rings. The van der Waals surface area contributed by atoms with Crippen LogP contribution in [0.5, 0.6) is 0 Å². The Morgan fingerprint density at radius 3 is 2.53 bits per heavy atom. The van der Waals surface area contributed by atoms with E-state index in [9.17, 15) is 48.6 Å². The van der Waals surface area contributed by atoms with Gasteiger partial charge >= 0.3 is 23.5 Å². The summed E-state index contributed by atoms with van der Waals surface area (Å²) in [5.41, 5.74) is 8.40. The number of phosphoric ester groups is 1. The summed E-state index contributed by atoms with van der Waals surface area (Å²) in [4.78, 5) is 74.2. The minimum atomic E-state index is -5.80. The van der Waals surface area contributed by atoms with Crippen molar-refractivity contribution in [3.05, 3.63) is 51.4 Å². The number of anilines is 2. The fraction of sp³-hybridized carbons (Fsp3) is 0.400. The summed E-state index contributed by atoms with van der Waals surface area (Å²) >= 11 is 0. The Bertz CT molecular complexity index is 1920. The Hall–Kier alpha value is -3.96. The molecule has 0 saturated carbocycles. The van der Waals surface area contributed by atoms with Crippen LogP contribution < -0.4 is 10.6 Å². The van der Waals surface area contributed by atoms with Crippen molar-refractivity contribution < 1.29 is 71.1 Å². The van der Waals surface area contributed by atoms with Crippen LogP contribution in [0, 0.1) is 10.1 Å². The molecule has 1 fully saturated rings. The van der Waals surface area contributed by atoms with Crippen molar-refractivity contribution in [2.75, 3.05) is 23.8 Å². The van der Waals surface area contributed by atoms with Crippen LogP contribution in [0.15, 0.2) is 36.0 Å². The number of phosphoric acid groups is 3. The number of rotatable bonds is 16. The molecule has 1 aliphatic heterocycles. The third-order valence-corrected chi connectivity index (χ3v) is 10.1. The van der Waals surface area contributed by atoms with Crippen LogP contribution in [0.25, 0.3) is 21.6 Å². The number of ether oxygens (including phenoxy) is 1. The fourth-order valence-corrected chi connectivity index (χ4v) is 7.33. The number of nitrogens with one attached hydrogen (secondary N) is 2. The minimum Gasteiger partial charge on any atom is -0.387 e. The van der Waals surface area contributed by atoms with Gasteiger partial charge in [0.25, 0.3) is 5.69 Å². The van der Waals surface area contributed by atoms with Gasteiger partial charge < -0.3 is 45.2 Å². The van der Waals surface area contributed by atoms with Crippen molar-refractivity contribution in [1.29, 1.82) is 0 Å². The average molecular weight is 754 g/mol. The molecule has 1 saturated heterocycles. The number of imidazole rings is 1. The zero-order valence-electron chi connectivity index (χ0n) is 24.2. The van der Waals surface area contributed by atoms with E-state index in [4.69, 9.17) is 20.1 Å². The highest BCUT2D eigenvalue weighted by Gasteiger charge is 2.47. The first-order chi connectivity index (χ1) is 22.9. The Labute approximate surface area is 271 Å². The highest BCUT2D eigenvalue weighted by atomic mass is 31.3. The van der Waals surface area contributed by atoms with Gasteiger partial charge in [0.1, 0.15) is 30.3 Å². The second kappa shape index (κ2) is 15.3. The molecule has 6 atom stereocenters. The van der Waals surface area contributed by atoms with Crippen molar-refractivity contribution in [2.45, 2.75) is 37.4 Å². The standard InChI is InChI=1S/C20H25N10O16P3/c21-28-27-10-3-4-11(12(6-10)30(34)35)22-5-1-2-14(31)26-18-15-19(24-8-23-18)29(9-25-15)20-17(33)16(32)13(44-20)7-43-48(39,40)46-49(41,42)45-47(36,37)38/h3-4,6,8-9,13,16-17,20,22,32-33H,1-2,5,7H2,(H,39,40)(H,41,42)(H2,36,37,38)(H,23,24,26,31)/t13-,16-,17-,20-/m1/s1. The van der Waals surface area contributed by atoms with Crippen molar-refractivity contribution in [3.8, 4) is 0 Å². The van der Waals surface area contributed by atoms with Crippen LogP contribution in [0.3, 0.4) is 0 Å². The Morgan fingerprint density at radius 1 is 1.12 bits per heavy atom. The molecule has 26 nitrogen and oxygen atoms in total. The number of carbonyl (C=O) groups is 1. The van der Waals surface area contributed by atoms with E-state index in [2.05, 4.69) is 48.8 Å². The zero-order valence-corrected chi connectivity index (χ0v) is 26.9. The Morgan fingerprint density at radius 2 is 1.86 bits per heavy atom. The third kappa shape index (κ3) is 10.0. The molecule has 49 heavy (non-hydrogen) atoms. The first-order valence-electron chi connectivity index (χ1n) is 13.2. The van der Waals surface area contributed by atoms with Crippen molar-refractivity contribution >= 4 is 63.4 Å². The summed E-state index contributed by atoms with van der Waals surface area (Å²) in [6, 6.07) is 3.83. The average Bonchev–Trinajstić information content (AvgIpc) is 3.54. The van der Waals surface area contributed by atoms with Gasteiger partial charge in [0.2, 0.25) is 5.91 Å². The van der Waals surface area contributed by atoms with Gasteiger partial charge in [0.15, 0.2) is 23.2 Å². The van der Waals surface area contributed by atoms with Gasteiger partial charge in [-0.2, -0.15) is 8.62 Å². The molecule has 8 N–H and O–H groups in total. The number of nitro groups is 1. The maximum atomic E-state index is 12.6. The van der Waals surface area contributed by atoms with Crippen molar-refractivity contribution in [3.63, 3.8) is 0 Å². The van der Waals surface area contributed by atoms with E-state index in [1.165, 1.54) is 12.1 Å². The number of nitro benzene ring substituents is 1. The van der Waals surface area contributed by atoms with E-state index in [1.807, 2.05) is 0 Å². The van der Waals surface area contributed by atoms with Gasteiger partial charge in [-0.25, -0.2) is 28.6 Å². The molecule has 0 radical (unpaired) electrons. The Balaban J connectivity index is 1.35. The predicted molar refractivity (Wildman–Crippen MR) is 159 cm³/mol. The quantitative estimate of drug-likeness (QED) is 0.0195. The van der Waals surface area contributed by atoms with E-state index in [-0.39, 0.29) is 53.4 Å². The van der Waals surface area contributed by atoms with Crippen molar-refractivity contribution in [2.24, 2.45) is 5.11 Å². The topological polar surface area (TPSA) is 386 Å². The number of aliphatic hydroxyl groups excluding tert-OH is 2. The van der Waals surface area contributed by atoms with Gasteiger partial charge in [0, 0.05) is 29.6 Å². The molecular weight excluding hydrogens is 729 g/mol. The second-order valence-corrected chi connectivity index (χ2v) is 14.1. The van der Waals surface area contributed by atoms with Crippen LogP contribution in [-0.2, 0) is 36.4 Å². The van der Waals surface area contributed by atoms with Crippen LogP contribution in [-0.4, -0.2) is 91.6 Å². The first kappa shape index (κ1) is 37.9. The first-order valence-corrected chi connectivity index (χ1v) is 17.8. The molecule has 3 aromatic rings. The van der Waals surface area contributed by atoms with Crippen molar-refractivity contribution in [1.82, 2.24) is 19.5 Å².